The summed E-state index contributed by atoms with van der Waals surface area (Å²) >= 11 is 6.37. The van der Waals surface area contributed by atoms with Crippen molar-refractivity contribution in [3.63, 3.8) is 0 Å². The van der Waals surface area contributed by atoms with Crippen LogP contribution in [0.2, 0.25) is 5.02 Å². The van der Waals surface area contributed by atoms with E-state index < -0.39 is 0 Å². The van der Waals surface area contributed by atoms with E-state index in [9.17, 15) is 0 Å². The minimum atomic E-state index is -0.139. The van der Waals surface area contributed by atoms with Crippen LogP contribution >= 0.6 is 11.6 Å². The predicted molar refractivity (Wildman–Crippen MR) is 85.3 cm³/mol. The van der Waals surface area contributed by atoms with E-state index in [1.165, 1.54) is 36.0 Å². The third-order valence-corrected chi connectivity index (χ3v) is 4.69. The van der Waals surface area contributed by atoms with Crippen LogP contribution in [0.1, 0.15) is 53.5 Å². The summed E-state index contributed by atoms with van der Waals surface area (Å²) in [6.45, 7) is 2.05. The van der Waals surface area contributed by atoms with Gasteiger partial charge in [0.15, 0.2) is 0 Å². The fourth-order valence-electron chi connectivity index (χ4n) is 2.94. The Balaban J connectivity index is 1.99. The molecule has 1 saturated carbocycles. The van der Waals surface area contributed by atoms with E-state index in [4.69, 9.17) is 17.3 Å². The van der Waals surface area contributed by atoms with Gasteiger partial charge >= 0.3 is 0 Å². The average molecular weight is 286 g/mol. The molecule has 1 fully saturated rings. The molecule has 2 N–H and O–H groups in total. The van der Waals surface area contributed by atoms with Gasteiger partial charge in [-0.05, 0) is 54.0 Å². The lowest BCUT2D eigenvalue weighted by Gasteiger charge is -2.29. The first-order valence-electron chi connectivity index (χ1n) is 7.27. The van der Waals surface area contributed by atoms with Crippen molar-refractivity contribution < 1.29 is 0 Å². The highest BCUT2D eigenvalue weighted by molar-refractivity contribution is 6.31. The molecular formula is C18H20ClN. The van der Waals surface area contributed by atoms with E-state index >= 15 is 0 Å². The van der Waals surface area contributed by atoms with Crippen LogP contribution in [0.5, 0.6) is 0 Å². The van der Waals surface area contributed by atoms with Crippen molar-refractivity contribution in [2.75, 3.05) is 0 Å². The molecule has 0 heterocycles. The van der Waals surface area contributed by atoms with Gasteiger partial charge in [-0.25, -0.2) is 0 Å². The molecule has 1 nitrogen and oxygen atoms in total. The molecule has 20 heavy (non-hydrogen) atoms. The average Bonchev–Trinajstić information content (AvgIpc) is 2.37. The maximum Gasteiger partial charge on any atom is 0.0569 e. The molecule has 1 atom stereocenters. The maximum absolute atomic E-state index is 6.50. The molecule has 0 radical (unpaired) electrons. The van der Waals surface area contributed by atoms with Crippen molar-refractivity contribution in [2.24, 2.45) is 5.73 Å². The summed E-state index contributed by atoms with van der Waals surface area (Å²) in [6, 6.07) is 14.5. The molecule has 2 heteroatoms. The first-order chi connectivity index (χ1) is 9.66. The molecule has 0 spiro atoms. The van der Waals surface area contributed by atoms with Crippen molar-refractivity contribution in [3.8, 4) is 0 Å². The Kier molecular flexibility index (Phi) is 3.82. The van der Waals surface area contributed by atoms with Gasteiger partial charge in [0.05, 0.1) is 6.04 Å². The summed E-state index contributed by atoms with van der Waals surface area (Å²) in [6.07, 6.45) is 3.90. The van der Waals surface area contributed by atoms with Gasteiger partial charge in [-0.3, -0.25) is 0 Å². The van der Waals surface area contributed by atoms with Crippen LogP contribution < -0.4 is 5.73 Å². The first-order valence-corrected chi connectivity index (χ1v) is 7.65. The second-order valence-electron chi connectivity index (χ2n) is 5.76. The molecule has 0 aromatic heterocycles. The quantitative estimate of drug-likeness (QED) is 0.847. The zero-order chi connectivity index (χ0) is 14.1. The van der Waals surface area contributed by atoms with Gasteiger partial charge in [0.2, 0.25) is 0 Å². The van der Waals surface area contributed by atoms with Crippen molar-refractivity contribution in [1.82, 2.24) is 0 Å². The van der Waals surface area contributed by atoms with Crippen LogP contribution in [-0.4, -0.2) is 0 Å². The standard InChI is InChI=1S/C18H20ClN/c1-12-9-10-16(17(19)11-12)18(20)15-8-3-2-7-14(15)13-5-4-6-13/h2-3,7-11,13,18H,4-6,20H2,1H3. The van der Waals surface area contributed by atoms with Crippen LogP contribution in [-0.2, 0) is 0 Å². The maximum atomic E-state index is 6.50. The van der Waals surface area contributed by atoms with Gasteiger partial charge < -0.3 is 5.73 Å². The minimum absolute atomic E-state index is 0.139. The summed E-state index contributed by atoms with van der Waals surface area (Å²) in [5.74, 6) is 0.682. The van der Waals surface area contributed by atoms with Crippen molar-refractivity contribution in [3.05, 3.63) is 69.7 Å². The molecular weight excluding hydrogens is 266 g/mol. The zero-order valence-electron chi connectivity index (χ0n) is 11.8. The van der Waals surface area contributed by atoms with Gasteiger partial charge in [-0.2, -0.15) is 0 Å². The van der Waals surface area contributed by atoms with Crippen LogP contribution in [0.3, 0.4) is 0 Å². The predicted octanol–water partition coefficient (Wildman–Crippen LogP) is 4.96. The van der Waals surface area contributed by atoms with E-state index in [1.54, 1.807) is 0 Å². The number of hydrogen-bond donors (Lipinski definition) is 1. The summed E-state index contributed by atoms with van der Waals surface area (Å²) in [5, 5.41) is 0.765. The number of nitrogens with two attached hydrogens (primary N) is 1. The highest BCUT2D eigenvalue weighted by Crippen LogP contribution is 2.40. The van der Waals surface area contributed by atoms with Crippen LogP contribution in [0.15, 0.2) is 42.5 Å². The van der Waals surface area contributed by atoms with E-state index in [2.05, 4.69) is 36.4 Å². The van der Waals surface area contributed by atoms with Crippen LogP contribution in [0, 0.1) is 6.92 Å². The normalized spacial score (nSPS) is 16.8. The fourth-order valence-corrected chi connectivity index (χ4v) is 3.29. The molecule has 0 bridgehead atoms. The van der Waals surface area contributed by atoms with E-state index in [0.717, 1.165) is 10.6 Å². The third-order valence-electron chi connectivity index (χ3n) is 4.37. The molecule has 0 amide bonds. The Bertz CT molecular complexity index is 617. The molecule has 1 aliphatic carbocycles. The van der Waals surface area contributed by atoms with E-state index in [1.807, 2.05) is 13.0 Å². The first kappa shape index (κ1) is 13.7. The summed E-state index contributed by atoms with van der Waals surface area (Å²) in [7, 11) is 0. The molecule has 104 valence electrons. The molecule has 1 unspecified atom stereocenters. The summed E-state index contributed by atoms with van der Waals surface area (Å²) in [4.78, 5) is 0. The minimum Gasteiger partial charge on any atom is -0.320 e. The van der Waals surface area contributed by atoms with E-state index in [-0.39, 0.29) is 6.04 Å². The van der Waals surface area contributed by atoms with Gasteiger partial charge in [0.25, 0.3) is 0 Å². The highest BCUT2D eigenvalue weighted by atomic mass is 35.5. The lowest BCUT2D eigenvalue weighted by molar-refractivity contribution is 0.416. The third kappa shape index (κ3) is 2.48. The molecule has 3 rings (SSSR count). The molecule has 0 saturated heterocycles. The Labute approximate surface area is 125 Å². The Morgan fingerprint density at radius 2 is 1.85 bits per heavy atom. The van der Waals surface area contributed by atoms with Crippen LogP contribution in [0.25, 0.3) is 0 Å². The molecule has 1 aliphatic rings. The number of benzene rings is 2. The number of halogens is 1. The summed E-state index contributed by atoms with van der Waals surface area (Å²) < 4.78 is 0. The topological polar surface area (TPSA) is 26.0 Å². The van der Waals surface area contributed by atoms with Crippen molar-refractivity contribution >= 4 is 11.6 Å². The van der Waals surface area contributed by atoms with Gasteiger partial charge in [0, 0.05) is 5.02 Å². The SMILES string of the molecule is Cc1ccc(C(N)c2ccccc2C2CCC2)c(Cl)c1. The fraction of sp³-hybridized carbons (Fsp3) is 0.333. The Morgan fingerprint density at radius 3 is 2.50 bits per heavy atom. The number of rotatable bonds is 3. The molecule has 2 aromatic carbocycles. The lowest BCUT2D eigenvalue weighted by atomic mass is 9.76. The molecule has 2 aromatic rings. The smallest absolute Gasteiger partial charge is 0.0569 e. The van der Waals surface area contributed by atoms with E-state index in [0.29, 0.717) is 5.92 Å². The number of aryl methyl sites for hydroxylation is 1. The van der Waals surface area contributed by atoms with Crippen molar-refractivity contribution in [1.29, 1.82) is 0 Å². The summed E-state index contributed by atoms with van der Waals surface area (Å²) in [5.41, 5.74) is 11.3. The lowest BCUT2D eigenvalue weighted by Crippen LogP contribution is -2.18. The van der Waals surface area contributed by atoms with Crippen molar-refractivity contribution in [2.45, 2.75) is 38.1 Å². The largest absolute Gasteiger partial charge is 0.320 e. The molecule has 0 aliphatic heterocycles. The monoisotopic (exact) mass is 285 g/mol. The second kappa shape index (κ2) is 5.59. The Hall–Kier alpha value is -1.31. The number of hydrogen-bond acceptors (Lipinski definition) is 1. The van der Waals surface area contributed by atoms with Crippen LogP contribution in [0.4, 0.5) is 0 Å². The highest BCUT2D eigenvalue weighted by Gasteiger charge is 2.24. The second-order valence-corrected chi connectivity index (χ2v) is 6.17. The van der Waals surface area contributed by atoms with Gasteiger partial charge in [-0.1, -0.05) is 54.4 Å². The van der Waals surface area contributed by atoms with Gasteiger partial charge in [-0.15, -0.1) is 0 Å². The zero-order valence-corrected chi connectivity index (χ0v) is 12.5. The van der Waals surface area contributed by atoms with Gasteiger partial charge in [0.1, 0.15) is 0 Å². The Morgan fingerprint density at radius 1 is 1.10 bits per heavy atom.